The van der Waals surface area contributed by atoms with Gasteiger partial charge in [-0.2, -0.15) is 0 Å². The highest BCUT2D eigenvalue weighted by atomic mass is 16.3. The summed E-state index contributed by atoms with van der Waals surface area (Å²) in [5.74, 6) is -0.201. The van der Waals surface area contributed by atoms with Gasteiger partial charge in [-0.05, 0) is 30.7 Å². The summed E-state index contributed by atoms with van der Waals surface area (Å²) in [5.41, 5.74) is 2.08. The van der Waals surface area contributed by atoms with Crippen molar-refractivity contribution in [2.75, 3.05) is 25.6 Å². The molecule has 0 aromatic heterocycles. The third-order valence-corrected chi connectivity index (χ3v) is 2.50. The number of nitrogens with one attached hydrogen (secondary N) is 1. The number of nitrogens with zero attached hydrogens (tertiary/aromatic N) is 1. The molecule has 4 heteroatoms. The first kappa shape index (κ1) is 14.3. The lowest BCUT2D eigenvalue weighted by Crippen LogP contribution is -2.33. The van der Waals surface area contributed by atoms with Crippen molar-refractivity contribution in [1.82, 2.24) is 5.32 Å². The maximum Gasteiger partial charge on any atom is 0.244 e. The fourth-order valence-corrected chi connectivity index (χ4v) is 1.39. The molecule has 0 radical (unpaired) electrons. The van der Waals surface area contributed by atoms with Crippen molar-refractivity contribution in [2.24, 2.45) is 0 Å². The maximum absolute atomic E-state index is 11.4. The van der Waals surface area contributed by atoms with Gasteiger partial charge < -0.3 is 15.3 Å². The molecule has 1 amide bonds. The Hall–Kier alpha value is -1.81. The number of anilines is 1. The molecule has 0 bridgehead atoms. The van der Waals surface area contributed by atoms with Crippen LogP contribution in [0.5, 0.6) is 0 Å². The van der Waals surface area contributed by atoms with Crippen LogP contribution >= 0.6 is 0 Å². The van der Waals surface area contributed by atoms with E-state index in [1.165, 1.54) is 6.08 Å². The molecule has 0 saturated carbocycles. The molecule has 1 rings (SSSR count). The van der Waals surface area contributed by atoms with Gasteiger partial charge in [0.25, 0.3) is 0 Å². The molecule has 0 aliphatic rings. The quantitative estimate of drug-likeness (QED) is 0.771. The molecule has 0 aliphatic carbocycles. The summed E-state index contributed by atoms with van der Waals surface area (Å²) in [6, 6.07) is 7.67. The van der Waals surface area contributed by atoms with Gasteiger partial charge in [-0.15, -0.1) is 0 Å². The Morgan fingerprint density at radius 2 is 2.00 bits per heavy atom. The van der Waals surface area contributed by atoms with Crippen LogP contribution in [0, 0.1) is 0 Å². The largest absolute Gasteiger partial charge is 0.394 e. The minimum absolute atomic E-state index is 0.0584. The van der Waals surface area contributed by atoms with E-state index in [1.807, 2.05) is 43.3 Å². The van der Waals surface area contributed by atoms with Crippen molar-refractivity contribution in [1.29, 1.82) is 0 Å². The second-order valence-corrected chi connectivity index (χ2v) is 4.41. The van der Waals surface area contributed by atoms with E-state index in [1.54, 1.807) is 13.0 Å². The maximum atomic E-state index is 11.4. The zero-order chi connectivity index (χ0) is 13.5. The first-order valence-corrected chi connectivity index (χ1v) is 5.89. The lowest BCUT2D eigenvalue weighted by molar-refractivity contribution is -0.117. The molecule has 0 spiro atoms. The van der Waals surface area contributed by atoms with Crippen LogP contribution in [0.1, 0.15) is 12.5 Å². The van der Waals surface area contributed by atoms with Gasteiger partial charge in [0.2, 0.25) is 5.91 Å². The Morgan fingerprint density at radius 1 is 1.39 bits per heavy atom. The Labute approximate surface area is 108 Å². The minimum Gasteiger partial charge on any atom is -0.394 e. The highest BCUT2D eigenvalue weighted by molar-refractivity contribution is 5.91. The van der Waals surface area contributed by atoms with E-state index < -0.39 is 0 Å². The van der Waals surface area contributed by atoms with Gasteiger partial charge in [0.05, 0.1) is 6.61 Å². The van der Waals surface area contributed by atoms with Gasteiger partial charge in [-0.3, -0.25) is 4.79 Å². The molecular formula is C14H20N2O2. The van der Waals surface area contributed by atoms with Crippen LogP contribution in [0.15, 0.2) is 30.3 Å². The lowest BCUT2D eigenvalue weighted by Gasteiger charge is -2.11. The fourth-order valence-electron chi connectivity index (χ4n) is 1.39. The average molecular weight is 248 g/mol. The molecule has 0 fully saturated rings. The van der Waals surface area contributed by atoms with Crippen molar-refractivity contribution in [2.45, 2.75) is 13.0 Å². The summed E-state index contributed by atoms with van der Waals surface area (Å²) in [5, 5.41) is 11.5. The molecule has 0 aliphatic heterocycles. The minimum atomic E-state index is -0.224. The molecule has 1 atom stereocenters. The zero-order valence-corrected chi connectivity index (χ0v) is 11.1. The number of hydrogen-bond donors (Lipinski definition) is 2. The third-order valence-electron chi connectivity index (χ3n) is 2.50. The summed E-state index contributed by atoms with van der Waals surface area (Å²) in [4.78, 5) is 13.5. The first-order chi connectivity index (χ1) is 8.52. The Bertz CT molecular complexity index is 410. The van der Waals surface area contributed by atoms with Crippen LogP contribution in [-0.4, -0.2) is 37.8 Å². The highest BCUT2D eigenvalue weighted by Gasteiger charge is 2.01. The van der Waals surface area contributed by atoms with Crippen molar-refractivity contribution < 1.29 is 9.90 Å². The van der Waals surface area contributed by atoms with Gasteiger partial charge in [0.15, 0.2) is 0 Å². The smallest absolute Gasteiger partial charge is 0.244 e. The van der Waals surface area contributed by atoms with E-state index in [9.17, 15) is 4.79 Å². The molecule has 0 heterocycles. The predicted molar refractivity (Wildman–Crippen MR) is 74.5 cm³/mol. The average Bonchev–Trinajstić information content (AvgIpc) is 2.36. The molecule has 2 N–H and O–H groups in total. The summed E-state index contributed by atoms with van der Waals surface area (Å²) in [6.07, 6.45) is 3.22. The van der Waals surface area contributed by atoms with Gasteiger partial charge >= 0.3 is 0 Å². The van der Waals surface area contributed by atoms with Gasteiger partial charge in [-0.25, -0.2) is 0 Å². The van der Waals surface area contributed by atoms with Crippen LogP contribution in [0.25, 0.3) is 6.08 Å². The van der Waals surface area contributed by atoms with E-state index in [2.05, 4.69) is 5.32 Å². The molecule has 4 nitrogen and oxygen atoms in total. The van der Waals surface area contributed by atoms with Crippen molar-refractivity contribution in [3.05, 3.63) is 35.9 Å². The fraction of sp³-hybridized carbons (Fsp3) is 0.357. The molecule has 98 valence electrons. The summed E-state index contributed by atoms with van der Waals surface area (Å²) >= 11 is 0. The van der Waals surface area contributed by atoms with E-state index in [4.69, 9.17) is 5.11 Å². The summed E-state index contributed by atoms with van der Waals surface area (Å²) < 4.78 is 0. The van der Waals surface area contributed by atoms with Crippen LogP contribution in [-0.2, 0) is 4.79 Å². The number of benzene rings is 1. The molecule has 1 unspecified atom stereocenters. The molecular weight excluding hydrogens is 228 g/mol. The number of amides is 1. The number of rotatable bonds is 5. The zero-order valence-electron chi connectivity index (χ0n) is 11.1. The van der Waals surface area contributed by atoms with E-state index >= 15 is 0 Å². The lowest BCUT2D eigenvalue weighted by atomic mass is 10.2. The summed E-state index contributed by atoms with van der Waals surface area (Å²) in [6.45, 7) is 1.69. The third kappa shape index (κ3) is 4.59. The van der Waals surface area contributed by atoms with Crippen LogP contribution in [0.3, 0.4) is 0 Å². The monoisotopic (exact) mass is 248 g/mol. The second kappa shape index (κ2) is 6.81. The highest BCUT2D eigenvalue weighted by Crippen LogP contribution is 2.12. The van der Waals surface area contributed by atoms with E-state index in [-0.39, 0.29) is 18.6 Å². The number of hydrogen-bond acceptors (Lipinski definition) is 3. The molecule has 1 aromatic rings. The van der Waals surface area contributed by atoms with Gasteiger partial charge in [0, 0.05) is 31.9 Å². The number of aliphatic hydroxyl groups excluding tert-OH is 1. The standard InChI is InChI=1S/C14H20N2O2/c1-11(10-17)15-14(18)9-6-12-4-7-13(8-5-12)16(2)3/h4-9,11,17H,10H2,1-3H3,(H,15,18)/b9-6+. The number of carbonyl (C=O) groups excluding carboxylic acids is 1. The topological polar surface area (TPSA) is 52.6 Å². The van der Waals surface area contributed by atoms with Crippen molar-refractivity contribution in [3.8, 4) is 0 Å². The van der Waals surface area contributed by atoms with Crippen molar-refractivity contribution in [3.63, 3.8) is 0 Å². The normalized spacial score (nSPS) is 12.4. The van der Waals surface area contributed by atoms with Crippen LogP contribution in [0.4, 0.5) is 5.69 Å². The number of aliphatic hydroxyl groups is 1. The second-order valence-electron chi connectivity index (χ2n) is 4.41. The molecule has 1 aromatic carbocycles. The van der Waals surface area contributed by atoms with Crippen molar-refractivity contribution >= 4 is 17.7 Å². The van der Waals surface area contributed by atoms with Crippen LogP contribution in [0.2, 0.25) is 0 Å². The summed E-state index contributed by atoms with van der Waals surface area (Å²) in [7, 11) is 3.96. The van der Waals surface area contributed by atoms with E-state index in [0.29, 0.717) is 0 Å². The number of carbonyl (C=O) groups is 1. The molecule has 18 heavy (non-hydrogen) atoms. The SMILES string of the molecule is CC(CO)NC(=O)/C=C/c1ccc(N(C)C)cc1. The molecule has 0 saturated heterocycles. The Kier molecular flexibility index (Phi) is 5.39. The van der Waals surface area contributed by atoms with E-state index in [0.717, 1.165) is 11.3 Å². The van der Waals surface area contributed by atoms with Gasteiger partial charge in [-0.1, -0.05) is 12.1 Å². The Balaban J connectivity index is 2.59. The van der Waals surface area contributed by atoms with Crippen LogP contribution < -0.4 is 10.2 Å². The predicted octanol–water partition coefficient (Wildman–Crippen LogP) is 1.26. The first-order valence-electron chi connectivity index (χ1n) is 5.89. The Morgan fingerprint density at radius 3 is 2.50 bits per heavy atom. The van der Waals surface area contributed by atoms with Gasteiger partial charge in [0.1, 0.15) is 0 Å².